The minimum absolute atomic E-state index is 0.767. The lowest BCUT2D eigenvalue weighted by Gasteiger charge is -2.25. The average Bonchev–Trinajstić information content (AvgIpc) is 3.27. The molecule has 3 nitrogen and oxygen atoms in total. The van der Waals surface area contributed by atoms with Crippen LogP contribution in [0.15, 0.2) is 18.2 Å². The smallest absolute Gasteiger partial charge is 0.0587 e. The predicted octanol–water partition coefficient (Wildman–Crippen LogP) is 3.11. The SMILES string of the molecule is CCCN(c1ccc(CNCCOC)c(C)c1)C1CC1. The van der Waals surface area contributed by atoms with Crippen LogP contribution in [0.2, 0.25) is 0 Å². The molecule has 20 heavy (non-hydrogen) atoms. The van der Waals surface area contributed by atoms with E-state index in [1.807, 2.05) is 0 Å². The second kappa shape index (κ2) is 7.65. The average molecular weight is 276 g/mol. The van der Waals surface area contributed by atoms with Crippen molar-refractivity contribution >= 4 is 5.69 Å². The molecular formula is C17H28N2O. The maximum Gasteiger partial charge on any atom is 0.0587 e. The first-order valence-electron chi connectivity index (χ1n) is 7.82. The molecule has 0 amide bonds. The summed E-state index contributed by atoms with van der Waals surface area (Å²) in [5.74, 6) is 0. The highest BCUT2D eigenvalue weighted by molar-refractivity contribution is 5.52. The Kier molecular flexibility index (Phi) is 5.86. The number of methoxy groups -OCH3 is 1. The first-order valence-corrected chi connectivity index (χ1v) is 7.82. The first-order chi connectivity index (χ1) is 9.76. The zero-order chi connectivity index (χ0) is 14.4. The van der Waals surface area contributed by atoms with E-state index < -0.39 is 0 Å². The lowest BCUT2D eigenvalue weighted by atomic mass is 10.1. The molecule has 3 heteroatoms. The Morgan fingerprint density at radius 2 is 2.15 bits per heavy atom. The molecule has 0 spiro atoms. The second-order valence-corrected chi connectivity index (χ2v) is 5.70. The minimum Gasteiger partial charge on any atom is -0.383 e. The van der Waals surface area contributed by atoms with Crippen LogP contribution in [0, 0.1) is 6.92 Å². The van der Waals surface area contributed by atoms with Crippen molar-refractivity contribution in [1.29, 1.82) is 0 Å². The van der Waals surface area contributed by atoms with Crippen LogP contribution in [-0.2, 0) is 11.3 Å². The number of rotatable bonds is 9. The Morgan fingerprint density at radius 3 is 2.75 bits per heavy atom. The standard InChI is InChI=1S/C17H28N2O/c1-4-10-19(16-7-8-16)17-6-5-15(14(2)12-17)13-18-9-11-20-3/h5-6,12,16,18H,4,7-11,13H2,1-3H3. The number of ether oxygens (including phenoxy) is 1. The normalized spacial score (nSPS) is 14.6. The van der Waals surface area contributed by atoms with Gasteiger partial charge < -0.3 is 15.0 Å². The Labute approximate surface area is 123 Å². The van der Waals surface area contributed by atoms with Gasteiger partial charge in [-0.25, -0.2) is 0 Å². The van der Waals surface area contributed by atoms with Crippen molar-refractivity contribution in [2.45, 2.75) is 45.7 Å². The third kappa shape index (κ3) is 4.22. The highest BCUT2D eigenvalue weighted by atomic mass is 16.5. The third-order valence-corrected chi connectivity index (χ3v) is 3.91. The van der Waals surface area contributed by atoms with Crippen LogP contribution in [0.25, 0.3) is 0 Å². The van der Waals surface area contributed by atoms with E-state index in [-0.39, 0.29) is 0 Å². The Balaban J connectivity index is 1.97. The number of hydrogen-bond donors (Lipinski definition) is 1. The van der Waals surface area contributed by atoms with E-state index in [1.54, 1.807) is 7.11 Å². The lowest BCUT2D eigenvalue weighted by molar-refractivity contribution is 0.199. The van der Waals surface area contributed by atoms with E-state index in [2.05, 4.69) is 42.3 Å². The first kappa shape index (κ1) is 15.3. The maximum absolute atomic E-state index is 5.05. The largest absolute Gasteiger partial charge is 0.383 e. The molecule has 1 saturated carbocycles. The van der Waals surface area contributed by atoms with Crippen molar-refractivity contribution in [2.75, 3.05) is 31.7 Å². The van der Waals surface area contributed by atoms with Crippen molar-refractivity contribution in [3.8, 4) is 0 Å². The van der Waals surface area contributed by atoms with Crippen LogP contribution >= 0.6 is 0 Å². The molecule has 0 radical (unpaired) electrons. The summed E-state index contributed by atoms with van der Waals surface area (Å²) in [4.78, 5) is 2.58. The molecule has 0 saturated heterocycles. The molecule has 1 aromatic carbocycles. The second-order valence-electron chi connectivity index (χ2n) is 5.70. The van der Waals surface area contributed by atoms with Crippen LogP contribution in [0.4, 0.5) is 5.69 Å². The topological polar surface area (TPSA) is 24.5 Å². The van der Waals surface area contributed by atoms with E-state index in [4.69, 9.17) is 4.74 Å². The van der Waals surface area contributed by atoms with Gasteiger partial charge in [-0.3, -0.25) is 0 Å². The van der Waals surface area contributed by atoms with Gasteiger partial charge >= 0.3 is 0 Å². The van der Waals surface area contributed by atoms with Gasteiger partial charge in [0.2, 0.25) is 0 Å². The van der Waals surface area contributed by atoms with Crippen LogP contribution in [0.3, 0.4) is 0 Å². The molecular weight excluding hydrogens is 248 g/mol. The number of benzene rings is 1. The van der Waals surface area contributed by atoms with Gasteiger partial charge in [0, 0.05) is 38.5 Å². The summed E-state index contributed by atoms with van der Waals surface area (Å²) >= 11 is 0. The number of nitrogens with one attached hydrogen (secondary N) is 1. The van der Waals surface area contributed by atoms with Gasteiger partial charge in [0.25, 0.3) is 0 Å². The monoisotopic (exact) mass is 276 g/mol. The van der Waals surface area contributed by atoms with E-state index >= 15 is 0 Å². The molecule has 0 aromatic heterocycles. The minimum atomic E-state index is 0.767. The van der Waals surface area contributed by atoms with Crippen molar-refractivity contribution in [3.05, 3.63) is 29.3 Å². The number of nitrogens with zero attached hydrogens (tertiary/aromatic N) is 1. The van der Waals surface area contributed by atoms with E-state index in [0.29, 0.717) is 0 Å². The third-order valence-electron chi connectivity index (χ3n) is 3.91. The Morgan fingerprint density at radius 1 is 1.35 bits per heavy atom. The number of anilines is 1. The summed E-state index contributed by atoms with van der Waals surface area (Å²) in [6.07, 6.45) is 3.94. The number of hydrogen-bond acceptors (Lipinski definition) is 3. The summed E-state index contributed by atoms with van der Waals surface area (Å²) in [5, 5.41) is 3.41. The predicted molar refractivity (Wildman–Crippen MR) is 85.4 cm³/mol. The van der Waals surface area contributed by atoms with Gasteiger partial charge in [0.05, 0.1) is 6.61 Å². The zero-order valence-corrected chi connectivity index (χ0v) is 13.1. The van der Waals surface area contributed by atoms with Crippen molar-refractivity contribution in [3.63, 3.8) is 0 Å². The summed E-state index contributed by atoms with van der Waals surface area (Å²) in [7, 11) is 1.74. The van der Waals surface area contributed by atoms with Crippen LogP contribution < -0.4 is 10.2 Å². The molecule has 112 valence electrons. The molecule has 1 aliphatic rings. The molecule has 1 aliphatic carbocycles. The van der Waals surface area contributed by atoms with Crippen LogP contribution in [0.5, 0.6) is 0 Å². The molecule has 1 aromatic rings. The highest BCUT2D eigenvalue weighted by Crippen LogP contribution is 2.32. The quantitative estimate of drug-likeness (QED) is 0.701. The summed E-state index contributed by atoms with van der Waals surface area (Å²) in [5.41, 5.74) is 4.17. The molecule has 0 aliphatic heterocycles. The van der Waals surface area contributed by atoms with E-state index in [1.165, 1.54) is 42.6 Å². The summed E-state index contributed by atoms with van der Waals surface area (Å²) in [6, 6.07) is 7.70. The van der Waals surface area contributed by atoms with Crippen LogP contribution in [0.1, 0.15) is 37.3 Å². The molecule has 0 bridgehead atoms. The van der Waals surface area contributed by atoms with Gasteiger partial charge in [0.15, 0.2) is 0 Å². The summed E-state index contributed by atoms with van der Waals surface area (Å²) in [6.45, 7) is 8.25. The van der Waals surface area contributed by atoms with Gasteiger partial charge in [-0.2, -0.15) is 0 Å². The highest BCUT2D eigenvalue weighted by Gasteiger charge is 2.28. The lowest BCUT2D eigenvalue weighted by Crippen LogP contribution is -2.26. The fourth-order valence-electron chi connectivity index (χ4n) is 2.60. The molecule has 2 rings (SSSR count). The Bertz CT molecular complexity index is 415. The number of aryl methyl sites for hydroxylation is 1. The Hall–Kier alpha value is -1.06. The van der Waals surface area contributed by atoms with Crippen LogP contribution in [-0.4, -0.2) is 32.8 Å². The van der Waals surface area contributed by atoms with Crippen molar-refractivity contribution in [2.24, 2.45) is 0 Å². The van der Waals surface area contributed by atoms with Gasteiger partial charge in [0.1, 0.15) is 0 Å². The molecule has 0 unspecified atom stereocenters. The van der Waals surface area contributed by atoms with E-state index in [9.17, 15) is 0 Å². The van der Waals surface area contributed by atoms with Gasteiger partial charge in [-0.15, -0.1) is 0 Å². The summed E-state index contributed by atoms with van der Waals surface area (Å²) < 4.78 is 5.05. The fourth-order valence-corrected chi connectivity index (χ4v) is 2.60. The zero-order valence-electron chi connectivity index (χ0n) is 13.1. The molecule has 1 N–H and O–H groups in total. The van der Waals surface area contributed by atoms with Gasteiger partial charge in [-0.1, -0.05) is 13.0 Å². The molecule has 0 atom stereocenters. The fraction of sp³-hybridized carbons (Fsp3) is 0.647. The van der Waals surface area contributed by atoms with Crippen molar-refractivity contribution in [1.82, 2.24) is 5.32 Å². The van der Waals surface area contributed by atoms with Gasteiger partial charge in [-0.05, 0) is 49.4 Å². The molecule has 0 heterocycles. The van der Waals surface area contributed by atoms with E-state index in [0.717, 1.165) is 25.7 Å². The maximum atomic E-state index is 5.05. The molecule has 1 fully saturated rings. The van der Waals surface area contributed by atoms with Crippen molar-refractivity contribution < 1.29 is 4.74 Å².